The Morgan fingerprint density at radius 2 is 1.80 bits per heavy atom. The van der Waals surface area contributed by atoms with Crippen LogP contribution in [0.4, 0.5) is 0 Å². The lowest BCUT2D eigenvalue weighted by Crippen LogP contribution is -2.21. The number of nitrogens with zero attached hydrogens (tertiary/aromatic N) is 2. The van der Waals surface area contributed by atoms with E-state index in [0.29, 0.717) is 11.1 Å². The van der Waals surface area contributed by atoms with Crippen molar-refractivity contribution in [1.29, 1.82) is 0 Å². The highest BCUT2D eigenvalue weighted by Crippen LogP contribution is 2.11. The van der Waals surface area contributed by atoms with Crippen molar-refractivity contribution in [2.45, 2.75) is 13.8 Å². The predicted molar refractivity (Wildman–Crippen MR) is 77.8 cm³/mol. The number of rotatable bonds is 2. The van der Waals surface area contributed by atoms with Gasteiger partial charge >= 0.3 is 0 Å². The highest BCUT2D eigenvalue weighted by atomic mass is 16.5. The van der Waals surface area contributed by atoms with Gasteiger partial charge in [0.1, 0.15) is 11.2 Å². The van der Waals surface area contributed by atoms with Crippen molar-refractivity contribution in [1.82, 2.24) is 4.57 Å². The maximum Gasteiger partial charge on any atom is 0.278 e. The average molecular weight is 270 g/mol. The molecule has 1 aromatic heterocycles. The van der Waals surface area contributed by atoms with Gasteiger partial charge < -0.3 is 9.30 Å². The van der Waals surface area contributed by atoms with Crippen LogP contribution in [0, 0.1) is 13.8 Å². The van der Waals surface area contributed by atoms with Gasteiger partial charge in [-0.2, -0.15) is 4.99 Å². The fourth-order valence-electron chi connectivity index (χ4n) is 1.96. The molecular formula is C16H18N2O2. The summed E-state index contributed by atoms with van der Waals surface area (Å²) in [5.74, 6) is 0.465. The Hall–Kier alpha value is -2.36. The molecule has 1 amide bonds. The van der Waals surface area contributed by atoms with Crippen molar-refractivity contribution in [3.8, 4) is 5.75 Å². The fourth-order valence-corrected chi connectivity index (χ4v) is 1.96. The van der Waals surface area contributed by atoms with Crippen LogP contribution in [0.1, 0.15) is 21.6 Å². The molecule has 0 aliphatic rings. The van der Waals surface area contributed by atoms with Gasteiger partial charge in [-0.05, 0) is 55.8 Å². The lowest BCUT2D eigenvalue weighted by atomic mass is 10.2. The first-order valence-electron chi connectivity index (χ1n) is 6.38. The lowest BCUT2D eigenvalue weighted by molar-refractivity contribution is 0.0997. The molecule has 0 aliphatic carbocycles. The molecule has 0 radical (unpaired) electrons. The van der Waals surface area contributed by atoms with Crippen molar-refractivity contribution in [3.05, 3.63) is 58.7 Å². The first kappa shape index (κ1) is 14.1. The van der Waals surface area contributed by atoms with Crippen molar-refractivity contribution in [2.24, 2.45) is 12.0 Å². The smallest absolute Gasteiger partial charge is 0.278 e. The minimum atomic E-state index is -0.256. The molecule has 0 saturated heterocycles. The summed E-state index contributed by atoms with van der Waals surface area (Å²) >= 11 is 0. The van der Waals surface area contributed by atoms with E-state index in [0.717, 1.165) is 17.0 Å². The number of pyridine rings is 1. The highest BCUT2D eigenvalue weighted by Gasteiger charge is 2.05. The maximum atomic E-state index is 12.2. The van der Waals surface area contributed by atoms with Crippen LogP contribution in [0.15, 0.2) is 41.4 Å². The van der Waals surface area contributed by atoms with Crippen LogP contribution >= 0.6 is 0 Å². The topological polar surface area (TPSA) is 43.6 Å². The van der Waals surface area contributed by atoms with Gasteiger partial charge in [0, 0.05) is 18.3 Å². The third-order valence-electron chi connectivity index (χ3n) is 3.22. The molecule has 20 heavy (non-hydrogen) atoms. The molecule has 0 atom stereocenters. The van der Waals surface area contributed by atoms with Crippen LogP contribution in [-0.2, 0) is 7.05 Å². The Kier molecular flexibility index (Phi) is 4.03. The normalized spacial score (nSPS) is 11.5. The van der Waals surface area contributed by atoms with Gasteiger partial charge in [-0.1, -0.05) is 0 Å². The number of carbonyl (C=O) groups excluding carboxylic acids is 1. The van der Waals surface area contributed by atoms with Crippen LogP contribution in [-0.4, -0.2) is 17.6 Å². The molecule has 1 aromatic carbocycles. The molecule has 1 heterocycles. The summed E-state index contributed by atoms with van der Waals surface area (Å²) in [6.45, 7) is 3.98. The van der Waals surface area contributed by atoms with Gasteiger partial charge in [0.05, 0.1) is 7.11 Å². The van der Waals surface area contributed by atoms with Crippen LogP contribution in [0.3, 0.4) is 0 Å². The molecule has 0 spiro atoms. The number of methoxy groups -OCH3 is 1. The third kappa shape index (κ3) is 2.96. The monoisotopic (exact) mass is 270 g/mol. The SMILES string of the molecule is COc1ccc(C(=O)N=c2cc(C)cc(C)n2C)cc1. The van der Waals surface area contributed by atoms with Gasteiger partial charge in [0.2, 0.25) is 0 Å². The molecule has 4 heteroatoms. The summed E-state index contributed by atoms with van der Waals surface area (Å²) in [6.07, 6.45) is 0. The zero-order valence-electron chi connectivity index (χ0n) is 12.2. The summed E-state index contributed by atoms with van der Waals surface area (Å²) < 4.78 is 6.97. The average Bonchev–Trinajstić information content (AvgIpc) is 2.44. The number of ether oxygens (including phenoxy) is 1. The predicted octanol–water partition coefficient (Wildman–Crippen LogP) is 2.39. The molecule has 2 aromatic rings. The van der Waals surface area contributed by atoms with E-state index in [4.69, 9.17) is 4.74 Å². The fraction of sp³-hybridized carbons (Fsp3) is 0.250. The minimum absolute atomic E-state index is 0.256. The van der Waals surface area contributed by atoms with Crippen LogP contribution in [0.5, 0.6) is 5.75 Å². The second-order valence-corrected chi connectivity index (χ2v) is 4.74. The standard InChI is InChI=1S/C16H18N2O2/c1-11-9-12(2)18(3)15(10-11)17-16(19)13-5-7-14(20-4)8-6-13/h5-10H,1-4H3. The minimum Gasteiger partial charge on any atom is -0.497 e. The van der Waals surface area contributed by atoms with Crippen molar-refractivity contribution in [3.63, 3.8) is 0 Å². The number of benzene rings is 1. The molecular weight excluding hydrogens is 252 g/mol. The van der Waals surface area contributed by atoms with Crippen LogP contribution < -0.4 is 10.2 Å². The summed E-state index contributed by atoms with van der Waals surface area (Å²) in [5, 5.41) is 0. The molecule has 0 unspecified atom stereocenters. The van der Waals surface area contributed by atoms with Crippen LogP contribution in [0.2, 0.25) is 0 Å². The third-order valence-corrected chi connectivity index (χ3v) is 3.22. The number of hydrogen-bond acceptors (Lipinski definition) is 2. The second-order valence-electron chi connectivity index (χ2n) is 4.74. The summed E-state index contributed by atoms with van der Waals surface area (Å²) in [7, 11) is 3.49. The molecule has 0 bridgehead atoms. The Bertz CT molecular complexity index is 697. The molecule has 0 aliphatic heterocycles. The summed E-state index contributed by atoms with van der Waals surface area (Å²) in [6, 6.07) is 10.9. The number of hydrogen-bond donors (Lipinski definition) is 0. The maximum absolute atomic E-state index is 12.2. The quantitative estimate of drug-likeness (QED) is 0.841. The van der Waals surface area contributed by atoms with E-state index in [1.54, 1.807) is 31.4 Å². The molecule has 4 nitrogen and oxygen atoms in total. The van der Waals surface area contributed by atoms with Gasteiger partial charge in [0.25, 0.3) is 5.91 Å². The van der Waals surface area contributed by atoms with Gasteiger partial charge in [-0.15, -0.1) is 0 Å². The number of amides is 1. The van der Waals surface area contributed by atoms with E-state index in [1.165, 1.54) is 0 Å². The first-order chi connectivity index (χ1) is 9.51. The van der Waals surface area contributed by atoms with E-state index >= 15 is 0 Å². The Morgan fingerprint density at radius 1 is 1.15 bits per heavy atom. The van der Waals surface area contributed by atoms with E-state index in [2.05, 4.69) is 11.1 Å². The number of aromatic nitrogens is 1. The van der Waals surface area contributed by atoms with Crippen LogP contribution in [0.25, 0.3) is 0 Å². The van der Waals surface area contributed by atoms with Gasteiger partial charge in [-0.25, -0.2) is 0 Å². The van der Waals surface area contributed by atoms with E-state index in [1.807, 2.05) is 31.5 Å². The number of carbonyl (C=O) groups is 1. The van der Waals surface area contributed by atoms with E-state index in [-0.39, 0.29) is 5.91 Å². The largest absolute Gasteiger partial charge is 0.497 e. The zero-order chi connectivity index (χ0) is 14.7. The van der Waals surface area contributed by atoms with Crippen molar-refractivity contribution < 1.29 is 9.53 Å². The highest BCUT2D eigenvalue weighted by molar-refractivity contribution is 5.94. The number of aryl methyl sites for hydroxylation is 2. The lowest BCUT2D eigenvalue weighted by Gasteiger charge is -2.06. The Balaban J connectivity index is 2.41. The second kappa shape index (κ2) is 5.74. The summed E-state index contributed by atoms with van der Waals surface area (Å²) in [4.78, 5) is 16.4. The molecule has 0 fully saturated rings. The van der Waals surface area contributed by atoms with E-state index < -0.39 is 0 Å². The van der Waals surface area contributed by atoms with E-state index in [9.17, 15) is 4.79 Å². The van der Waals surface area contributed by atoms with Gasteiger partial charge in [-0.3, -0.25) is 4.79 Å². The molecule has 0 N–H and O–H groups in total. The Labute approximate surface area is 118 Å². The van der Waals surface area contributed by atoms with Crippen molar-refractivity contribution in [2.75, 3.05) is 7.11 Å². The first-order valence-corrected chi connectivity index (χ1v) is 6.38. The molecule has 2 rings (SSSR count). The van der Waals surface area contributed by atoms with Crippen molar-refractivity contribution >= 4 is 5.91 Å². The molecule has 104 valence electrons. The zero-order valence-corrected chi connectivity index (χ0v) is 12.2. The van der Waals surface area contributed by atoms with Gasteiger partial charge in [0.15, 0.2) is 0 Å². The Morgan fingerprint density at radius 3 is 2.40 bits per heavy atom. The summed E-state index contributed by atoms with van der Waals surface area (Å²) in [5.41, 5.74) is 3.35. The molecule has 0 saturated carbocycles.